The highest BCUT2D eigenvalue weighted by Gasteiger charge is 2.27. The van der Waals surface area contributed by atoms with Crippen LogP contribution in [0.3, 0.4) is 0 Å². The van der Waals surface area contributed by atoms with E-state index in [4.69, 9.17) is 9.84 Å². The molecule has 23 heavy (non-hydrogen) atoms. The molecule has 1 heterocycles. The summed E-state index contributed by atoms with van der Waals surface area (Å²) in [5.74, 6) is -1.43. The number of nitrogens with zero attached hydrogens (tertiary/aromatic N) is 1. The molecule has 0 bridgehead atoms. The first kappa shape index (κ1) is 19.3. The first-order valence-electron chi connectivity index (χ1n) is 8.45. The summed E-state index contributed by atoms with van der Waals surface area (Å²) in [4.78, 5) is 35.7. The Morgan fingerprint density at radius 3 is 2.65 bits per heavy atom. The second kappa shape index (κ2) is 10.9. The van der Waals surface area contributed by atoms with Crippen molar-refractivity contribution in [2.45, 2.75) is 51.9 Å². The molecular weight excluding hydrogens is 300 g/mol. The quantitative estimate of drug-likeness (QED) is 0.498. The summed E-state index contributed by atoms with van der Waals surface area (Å²) in [7, 11) is 0. The number of piperidine rings is 1. The molecule has 0 aromatic rings. The van der Waals surface area contributed by atoms with E-state index in [0.717, 1.165) is 32.1 Å². The van der Waals surface area contributed by atoms with Gasteiger partial charge in [-0.15, -0.1) is 0 Å². The summed E-state index contributed by atoms with van der Waals surface area (Å²) in [6, 6.07) is -0.178. The van der Waals surface area contributed by atoms with Gasteiger partial charge in [-0.25, -0.2) is 4.79 Å². The lowest BCUT2D eigenvalue weighted by atomic mass is 9.99. The predicted molar refractivity (Wildman–Crippen MR) is 85.0 cm³/mol. The van der Waals surface area contributed by atoms with Crippen molar-refractivity contribution in [2.24, 2.45) is 5.92 Å². The zero-order valence-corrected chi connectivity index (χ0v) is 13.9. The topological polar surface area (TPSA) is 95.9 Å². The molecule has 0 aliphatic carbocycles. The molecule has 132 valence electrons. The van der Waals surface area contributed by atoms with Gasteiger partial charge >= 0.3 is 18.0 Å². The number of carbonyl (C=O) groups excluding carboxylic acids is 2. The van der Waals surface area contributed by atoms with Crippen LogP contribution in [0.2, 0.25) is 0 Å². The van der Waals surface area contributed by atoms with Gasteiger partial charge in [-0.2, -0.15) is 0 Å². The van der Waals surface area contributed by atoms with Crippen molar-refractivity contribution in [3.05, 3.63) is 0 Å². The fraction of sp³-hybridized carbons (Fsp3) is 0.812. The molecule has 1 saturated heterocycles. The van der Waals surface area contributed by atoms with Crippen LogP contribution in [0.5, 0.6) is 0 Å². The van der Waals surface area contributed by atoms with E-state index in [-0.39, 0.29) is 12.0 Å². The molecule has 0 aromatic heterocycles. The summed E-state index contributed by atoms with van der Waals surface area (Å²) in [6.07, 6.45) is 5.35. The maximum absolute atomic E-state index is 12.0. The number of aliphatic carboxylic acids is 1. The number of ether oxygens (including phenoxy) is 1. The van der Waals surface area contributed by atoms with Crippen molar-refractivity contribution in [1.29, 1.82) is 0 Å². The minimum atomic E-state index is -0.830. The van der Waals surface area contributed by atoms with Crippen molar-refractivity contribution < 1.29 is 24.2 Å². The van der Waals surface area contributed by atoms with E-state index in [1.807, 2.05) is 0 Å². The van der Waals surface area contributed by atoms with Gasteiger partial charge in [-0.05, 0) is 32.6 Å². The molecule has 0 radical (unpaired) electrons. The average molecular weight is 328 g/mol. The van der Waals surface area contributed by atoms with Gasteiger partial charge in [0.15, 0.2) is 0 Å². The van der Waals surface area contributed by atoms with Crippen molar-refractivity contribution in [3.8, 4) is 0 Å². The molecule has 0 saturated carbocycles. The van der Waals surface area contributed by atoms with Crippen LogP contribution < -0.4 is 5.32 Å². The van der Waals surface area contributed by atoms with Crippen LogP contribution in [-0.4, -0.2) is 54.2 Å². The first-order valence-corrected chi connectivity index (χ1v) is 8.45. The molecule has 1 unspecified atom stereocenters. The Kier molecular flexibility index (Phi) is 9.09. The van der Waals surface area contributed by atoms with Crippen LogP contribution in [0.25, 0.3) is 0 Å². The Bertz CT molecular complexity index is 400. The molecule has 1 aliphatic heterocycles. The number of hydrogen-bond donors (Lipinski definition) is 2. The van der Waals surface area contributed by atoms with E-state index in [9.17, 15) is 14.4 Å². The lowest BCUT2D eigenvalue weighted by molar-refractivity contribution is -0.144. The van der Waals surface area contributed by atoms with Gasteiger partial charge in [0.2, 0.25) is 0 Å². The minimum absolute atomic E-state index is 0.154. The highest BCUT2D eigenvalue weighted by atomic mass is 16.5. The molecule has 0 aromatic carbocycles. The van der Waals surface area contributed by atoms with Gasteiger partial charge in [0.1, 0.15) is 0 Å². The minimum Gasteiger partial charge on any atom is -0.481 e. The molecule has 1 atom stereocenters. The standard InChI is InChI=1S/C16H28N2O5/c1-2-23-14(19)9-5-3-4-6-10-17-16(22)18-11-7-8-13(12-18)15(20)21/h13H,2-12H2,1H3,(H,17,22)(H,20,21). The summed E-state index contributed by atoms with van der Waals surface area (Å²) < 4.78 is 4.85. The molecule has 1 aliphatic rings. The summed E-state index contributed by atoms with van der Waals surface area (Å²) >= 11 is 0. The van der Waals surface area contributed by atoms with E-state index in [2.05, 4.69) is 5.32 Å². The summed E-state index contributed by atoms with van der Waals surface area (Å²) in [5.41, 5.74) is 0. The van der Waals surface area contributed by atoms with Crippen LogP contribution in [0.15, 0.2) is 0 Å². The van der Waals surface area contributed by atoms with Crippen LogP contribution in [0.1, 0.15) is 51.9 Å². The Morgan fingerprint density at radius 1 is 1.22 bits per heavy atom. The zero-order chi connectivity index (χ0) is 17.1. The van der Waals surface area contributed by atoms with E-state index in [1.54, 1.807) is 11.8 Å². The van der Waals surface area contributed by atoms with Gasteiger partial charge in [0.05, 0.1) is 12.5 Å². The molecule has 1 rings (SSSR count). The van der Waals surface area contributed by atoms with Crippen LogP contribution in [0, 0.1) is 5.92 Å². The second-order valence-corrected chi connectivity index (χ2v) is 5.82. The van der Waals surface area contributed by atoms with Gasteiger partial charge in [-0.1, -0.05) is 12.8 Å². The molecule has 0 spiro atoms. The Morgan fingerprint density at radius 2 is 1.96 bits per heavy atom. The second-order valence-electron chi connectivity index (χ2n) is 5.82. The molecular formula is C16H28N2O5. The van der Waals surface area contributed by atoms with Crippen molar-refractivity contribution in [1.82, 2.24) is 10.2 Å². The molecule has 7 heteroatoms. The normalized spacial score (nSPS) is 17.6. The van der Waals surface area contributed by atoms with E-state index < -0.39 is 11.9 Å². The number of likely N-dealkylation sites (tertiary alicyclic amines) is 1. The monoisotopic (exact) mass is 328 g/mol. The number of amides is 2. The highest BCUT2D eigenvalue weighted by Crippen LogP contribution is 2.16. The average Bonchev–Trinajstić information content (AvgIpc) is 2.54. The molecule has 7 nitrogen and oxygen atoms in total. The third kappa shape index (κ3) is 7.85. The zero-order valence-electron chi connectivity index (χ0n) is 13.9. The lowest BCUT2D eigenvalue weighted by Crippen LogP contribution is -2.47. The number of carbonyl (C=O) groups is 3. The summed E-state index contributed by atoms with van der Waals surface area (Å²) in [5, 5.41) is 11.9. The fourth-order valence-corrected chi connectivity index (χ4v) is 2.65. The van der Waals surface area contributed by atoms with Crippen molar-refractivity contribution in [2.75, 3.05) is 26.2 Å². The lowest BCUT2D eigenvalue weighted by Gasteiger charge is -2.30. The number of unbranched alkanes of at least 4 members (excludes halogenated alkanes) is 3. The Hall–Kier alpha value is -1.79. The van der Waals surface area contributed by atoms with Gasteiger partial charge < -0.3 is 20.1 Å². The third-order valence-corrected chi connectivity index (χ3v) is 3.95. The fourth-order valence-electron chi connectivity index (χ4n) is 2.65. The predicted octanol–water partition coefficient (Wildman–Crippen LogP) is 2.01. The van der Waals surface area contributed by atoms with Crippen LogP contribution in [0.4, 0.5) is 4.79 Å². The molecule has 1 fully saturated rings. The maximum atomic E-state index is 12.0. The van der Waals surface area contributed by atoms with E-state index >= 15 is 0 Å². The smallest absolute Gasteiger partial charge is 0.317 e. The van der Waals surface area contributed by atoms with Gasteiger partial charge in [-0.3, -0.25) is 9.59 Å². The van der Waals surface area contributed by atoms with Crippen LogP contribution in [-0.2, 0) is 14.3 Å². The van der Waals surface area contributed by atoms with Gasteiger partial charge in [0, 0.05) is 26.1 Å². The van der Waals surface area contributed by atoms with E-state index in [1.165, 1.54) is 0 Å². The first-order chi connectivity index (χ1) is 11.0. The molecule has 2 amide bonds. The highest BCUT2D eigenvalue weighted by molar-refractivity contribution is 5.76. The number of carboxylic acid groups (broad SMARTS) is 1. The summed E-state index contributed by atoms with van der Waals surface area (Å²) in [6.45, 7) is 3.70. The van der Waals surface area contributed by atoms with Gasteiger partial charge in [0.25, 0.3) is 0 Å². The maximum Gasteiger partial charge on any atom is 0.317 e. The molecule has 2 N–H and O–H groups in total. The Labute approximate surface area is 137 Å². The Balaban J connectivity index is 2.06. The SMILES string of the molecule is CCOC(=O)CCCCCCNC(=O)N1CCCC(C(=O)O)C1. The number of hydrogen-bond acceptors (Lipinski definition) is 4. The number of nitrogens with one attached hydrogen (secondary N) is 1. The number of esters is 1. The van der Waals surface area contributed by atoms with Crippen LogP contribution >= 0.6 is 0 Å². The number of rotatable bonds is 9. The third-order valence-electron chi connectivity index (χ3n) is 3.95. The van der Waals surface area contributed by atoms with Crippen molar-refractivity contribution >= 4 is 18.0 Å². The van der Waals surface area contributed by atoms with Crippen molar-refractivity contribution in [3.63, 3.8) is 0 Å². The largest absolute Gasteiger partial charge is 0.481 e. The number of carboxylic acids is 1. The van der Waals surface area contributed by atoms with E-state index in [0.29, 0.717) is 39.1 Å². The number of urea groups is 1.